The SMILES string of the molecule is CCCC/C=C/CCCCCCCCCCOC(=O)c1ccc(S(=O)(=O)[O-])cc1C(=O)OCCCCCCCCCC/C=C/CCCC.[K+]. The summed E-state index contributed by atoms with van der Waals surface area (Å²) >= 11 is 0. The molecule has 49 heavy (non-hydrogen) atoms. The molecular formula is C40H65KO7S. The van der Waals surface area contributed by atoms with Crippen molar-refractivity contribution in [3.63, 3.8) is 0 Å². The van der Waals surface area contributed by atoms with Gasteiger partial charge < -0.3 is 14.0 Å². The van der Waals surface area contributed by atoms with Gasteiger partial charge in [-0.2, -0.15) is 0 Å². The molecule has 0 aromatic heterocycles. The van der Waals surface area contributed by atoms with E-state index in [1.807, 2.05) is 0 Å². The summed E-state index contributed by atoms with van der Waals surface area (Å²) in [4.78, 5) is 25.1. The molecule has 0 aliphatic heterocycles. The number of benzene rings is 1. The monoisotopic (exact) mass is 728 g/mol. The third-order valence-electron chi connectivity index (χ3n) is 8.50. The van der Waals surface area contributed by atoms with Crippen LogP contribution in [0.15, 0.2) is 47.4 Å². The number of unbranched alkanes of at least 4 members (excludes halogenated alkanes) is 20. The molecule has 1 rings (SSSR count). The van der Waals surface area contributed by atoms with Gasteiger partial charge in [0.2, 0.25) is 0 Å². The summed E-state index contributed by atoms with van der Waals surface area (Å²) in [6.07, 6.45) is 36.4. The first-order chi connectivity index (χ1) is 23.3. The van der Waals surface area contributed by atoms with Crippen molar-refractivity contribution in [1.29, 1.82) is 0 Å². The molecule has 0 aliphatic rings. The second-order valence-corrected chi connectivity index (χ2v) is 14.3. The van der Waals surface area contributed by atoms with Crippen molar-refractivity contribution in [2.45, 2.75) is 173 Å². The van der Waals surface area contributed by atoms with Crippen molar-refractivity contribution in [2.24, 2.45) is 0 Å². The fraction of sp³-hybridized carbons (Fsp3) is 0.700. The largest absolute Gasteiger partial charge is 1.00 e. The van der Waals surface area contributed by atoms with Gasteiger partial charge >= 0.3 is 63.3 Å². The predicted molar refractivity (Wildman–Crippen MR) is 195 cm³/mol. The van der Waals surface area contributed by atoms with Crippen LogP contribution in [0.5, 0.6) is 0 Å². The van der Waals surface area contributed by atoms with Crippen molar-refractivity contribution >= 4 is 22.1 Å². The third-order valence-corrected chi connectivity index (χ3v) is 9.33. The van der Waals surface area contributed by atoms with E-state index >= 15 is 0 Å². The molecule has 9 heteroatoms. The van der Waals surface area contributed by atoms with Crippen molar-refractivity contribution in [3.8, 4) is 0 Å². The molecule has 7 nitrogen and oxygen atoms in total. The first-order valence-corrected chi connectivity index (χ1v) is 20.5. The number of esters is 2. The van der Waals surface area contributed by atoms with Crippen LogP contribution in [0.25, 0.3) is 0 Å². The molecule has 0 radical (unpaired) electrons. The van der Waals surface area contributed by atoms with Gasteiger partial charge in [-0.25, -0.2) is 18.0 Å². The Balaban J connectivity index is 0.0000230. The van der Waals surface area contributed by atoms with Crippen molar-refractivity contribution in [2.75, 3.05) is 13.2 Å². The number of carbonyl (C=O) groups excluding carboxylic acids is 2. The van der Waals surface area contributed by atoms with E-state index in [9.17, 15) is 22.6 Å². The number of hydrogen-bond donors (Lipinski definition) is 0. The zero-order chi connectivity index (χ0) is 35.1. The number of rotatable bonds is 31. The molecule has 0 atom stereocenters. The van der Waals surface area contributed by atoms with Crippen LogP contribution in [0.4, 0.5) is 0 Å². The minimum atomic E-state index is -4.81. The smallest absolute Gasteiger partial charge is 0.744 e. The normalized spacial score (nSPS) is 11.7. The Morgan fingerprint density at radius 3 is 1.29 bits per heavy atom. The van der Waals surface area contributed by atoms with Gasteiger partial charge in [0.05, 0.1) is 29.2 Å². The predicted octanol–water partition coefficient (Wildman–Crippen LogP) is 8.42. The Hall–Kier alpha value is -0.814. The average Bonchev–Trinajstić information content (AvgIpc) is 3.07. The second-order valence-electron chi connectivity index (χ2n) is 12.9. The van der Waals surface area contributed by atoms with Gasteiger partial charge in [-0.3, -0.25) is 0 Å². The minimum absolute atomic E-state index is 0. The maximum atomic E-state index is 12.9. The van der Waals surface area contributed by atoms with Crippen LogP contribution < -0.4 is 51.4 Å². The Labute approximate surface area is 342 Å². The molecule has 0 spiro atoms. The zero-order valence-electron chi connectivity index (χ0n) is 31.2. The molecular weight excluding hydrogens is 664 g/mol. The van der Waals surface area contributed by atoms with E-state index in [0.717, 1.165) is 63.1 Å². The van der Waals surface area contributed by atoms with E-state index in [-0.39, 0.29) is 75.7 Å². The topological polar surface area (TPSA) is 110 Å². The summed E-state index contributed by atoms with van der Waals surface area (Å²) in [6.45, 7) is 4.78. The molecule has 0 saturated heterocycles. The fourth-order valence-corrected chi connectivity index (χ4v) is 5.97. The van der Waals surface area contributed by atoms with Gasteiger partial charge in [0, 0.05) is 0 Å². The molecule has 0 saturated carbocycles. The molecule has 0 amide bonds. The summed E-state index contributed by atoms with van der Waals surface area (Å²) in [5, 5.41) is 0. The van der Waals surface area contributed by atoms with Crippen molar-refractivity contribution < 1.29 is 83.4 Å². The molecule has 0 fully saturated rings. The summed E-state index contributed by atoms with van der Waals surface area (Å²) in [6, 6.07) is 3.11. The van der Waals surface area contributed by atoms with Gasteiger partial charge in [-0.1, -0.05) is 141 Å². The summed E-state index contributed by atoms with van der Waals surface area (Å²) in [5.41, 5.74) is -0.349. The minimum Gasteiger partial charge on any atom is -0.744 e. The quantitative estimate of drug-likeness (QED) is 0.0248. The van der Waals surface area contributed by atoms with Gasteiger partial charge in [0.15, 0.2) is 0 Å². The van der Waals surface area contributed by atoms with E-state index in [0.29, 0.717) is 12.8 Å². The summed E-state index contributed by atoms with van der Waals surface area (Å²) in [7, 11) is -4.81. The first-order valence-electron chi connectivity index (χ1n) is 19.0. The van der Waals surface area contributed by atoms with Crippen LogP contribution >= 0.6 is 0 Å². The van der Waals surface area contributed by atoms with Crippen LogP contribution in [0.3, 0.4) is 0 Å². The number of ether oxygens (including phenoxy) is 2. The van der Waals surface area contributed by atoms with E-state index in [2.05, 4.69) is 38.2 Å². The fourth-order valence-electron chi connectivity index (χ4n) is 5.48. The van der Waals surface area contributed by atoms with Crippen LogP contribution in [0.1, 0.15) is 189 Å². The summed E-state index contributed by atoms with van der Waals surface area (Å²) in [5.74, 6) is -1.56. The van der Waals surface area contributed by atoms with E-state index < -0.39 is 27.0 Å². The Kier molecular flexibility index (Phi) is 32.5. The molecule has 0 bridgehead atoms. The van der Waals surface area contributed by atoms with E-state index in [1.54, 1.807) is 0 Å². The van der Waals surface area contributed by atoms with Crippen LogP contribution in [-0.4, -0.2) is 38.1 Å². The van der Waals surface area contributed by atoms with E-state index in [4.69, 9.17) is 9.47 Å². The van der Waals surface area contributed by atoms with Crippen molar-refractivity contribution in [1.82, 2.24) is 0 Å². The molecule has 1 aromatic carbocycles. The third kappa shape index (κ3) is 26.6. The molecule has 0 aliphatic carbocycles. The van der Waals surface area contributed by atoms with Crippen LogP contribution in [0.2, 0.25) is 0 Å². The molecule has 0 unspecified atom stereocenters. The maximum absolute atomic E-state index is 12.9. The van der Waals surface area contributed by atoms with Crippen molar-refractivity contribution in [3.05, 3.63) is 53.6 Å². The molecule has 0 heterocycles. The summed E-state index contributed by atoms with van der Waals surface area (Å²) < 4.78 is 45.6. The maximum Gasteiger partial charge on any atom is 1.00 e. The van der Waals surface area contributed by atoms with Gasteiger partial charge in [-0.05, 0) is 69.6 Å². The first kappa shape index (κ1) is 48.2. The van der Waals surface area contributed by atoms with E-state index in [1.165, 1.54) is 96.3 Å². The molecule has 1 aromatic rings. The van der Waals surface area contributed by atoms with Gasteiger partial charge in [0.25, 0.3) is 0 Å². The zero-order valence-corrected chi connectivity index (χ0v) is 35.1. The Morgan fingerprint density at radius 2 is 0.898 bits per heavy atom. The Morgan fingerprint density at radius 1 is 0.551 bits per heavy atom. The number of hydrogen-bond acceptors (Lipinski definition) is 7. The molecule has 274 valence electrons. The number of carbonyl (C=O) groups is 2. The molecule has 0 N–H and O–H groups in total. The van der Waals surface area contributed by atoms with Crippen LogP contribution in [0, 0.1) is 0 Å². The van der Waals surface area contributed by atoms with Gasteiger partial charge in [-0.15, -0.1) is 0 Å². The van der Waals surface area contributed by atoms with Crippen LogP contribution in [-0.2, 0) is 19.6 Å². The standard InChI is InChI=1S/C40H66O7S.K/c1-3-5-7-9-11-13-15-17-19-21-23-25-27-29-33-46-39(41)37-32-31-36(48(43,44)45)35-38(37)40(42)47-34-30-28-26-24-22-20-18-16-14-12-10-8-6-4-2;/h9-12,31-32,35H,3-8,13-30,33-34H2,1-2H3,(H,43,44,45);/q;+1/p-1/b11-9+,12-10+;. The average molecular weight is 729 g/mol. The second kappa shape index (κ2) is 33.1. The van der Waals surface area contributed by atoms with Gasteiger partial charge in [0.1, 0.15) is 10.1 Å². The number of allylic oxidation sites excluding steroid dienone is 4. The Bertz CT molecular complexity index is 1150.